The molecule has 0 saturated heterocycles. The van der Waals surface area contributed by atoms with Crippen LogP contribution in [0.3, 0.4) is 0 Å². The highest BCUT2D eigenvalue weighted by Crippen LogP contribution is 2.48. The lowest BCUT2D eigenvalue weighted by Crippen LogP contribution is -1.83. The van der Waals surface area contributed by atoms with Gasteiger partial charge in [0.1, 0.15) is 10.0 Å². The molecule has 0 bridgehead atoms. The van der Waals surface area contributed by atoms with Gasteiger partial charge >= 0.3 is 0 Å². The molecule has 0 atom stereocenters. The first kappa shape index (κ1) is 16.2. The lowest BCUT2D eigenvalue weighted by Gasteiger charge is -1.99. The van der Waals surface area contributed by atoms with E-state index in [4.69, 9.17) is 21.6 Å². The van der Waals surface area contributed by atoms with Gasteiger partial charge in [-0.1, -0.05) is 35.9 Å². The molecule has 1 aliphatic carbocycles. The fraction of sp³-hybridized carbons (Fsp3) is 0.143. The van der Waals surface area contributed by atoms with Crippen LogP contribution in [0, 0.1) is 0 Å². The Morgan fingerprint density at radius 2 is 1.85 bits per heavy atom. The number of thiophene rings is 1. The Morgan fingerprint density at radius 1 is 1.00 bits per heavy atom. The van der Waals surface area contributed by atoms with Gasteiger partial charge in [0.15, 0.2) is 0 Å². The van der Waals surface area contributed by atoms with Crippen LogP contribution in [0.15, 0.2) is 53.5 Å². The van der Waals surface area contributed by atoms with Crippen LogP contribution in [0.4, 0.5) is 5.00 Å². The number of halogens is 1. The van der Waals surface area contributed by atoms with Crippen LogP contribution in [-0.4, -0.2) is 11.2 Å². The molecule has 26 heavy (non-hydrogen) atoms. The average Bonchev–Trinajstić information content (AvgIpc) is 3.34. The van der Waals surface area contributed by atoms with Crippen molar-refractivity contribution in [2.24, 2.45) is 4.99 Å². The summed E-state index contributed by atoms with van der Waals surface area (Å²) in [5.74, 6) is 0. The van der Waals surface area contributed by atoms with E-state index >= 15 is 0 Å². The minimum absolute atomic E-state index is 0.743. The van der Waals surface area contributed by atoms with Gasteiger partial charge in [-0.2, -0.15) is 0 Å². The highest BCUT2D eigenvalue weighted by molar-refractivity contribution is 7.22. The Morgan fingerprint density at radius 3 is 2.69 bits per heavy atom. The van der Waals surface area contributed by atoms with E-state index in [1.807, 2.05) is 47.9 Å². The van der Waals surface area contributed by atoms with Crippen LogP contribution in [0.5, 0.6) is 0 Å². The van der Waals surface area contributed by atoms with Gasteiger partial charge in [0.2, 0.25) is 0 Å². The summed E-state index contributed by atoms with van der Waals surface area (Å²) in [5.41, 5.74) is 4.82. The standard InChI is InChI=1S/C21H15ClN2S2/c22-14-10-8-13(9-11-14)12-23-20-19(15-4-3-7-17(15)25-20)21-24-16-5-1-2-6-18(16)26-21/h1-2,5-6,8-12H,3-4,7H2/b23-12+. The van der Waals surface area contributed by atoms with Gasteiger partial charge in [0.05, 0.1) is 15.8 Å². The predicted octanol–water partition coefficient (Wildman–Crippen LogP) is 6.92. The fourth-order valence-electron chi connectivity index (χ4n) is 3.36. The van der Waals surface area contributed by atoms with Crippen LogP contribution >= 0.6 is 34.3 Å². The third-order valence-corrected chi connectivity index (χ3v) is 7.12. The maximum Gasteiger partial charge on any atom is 0.127 e. The summed E-state index contributed by atoms with van der Waals surface area (Å²) in [6.07, 6.45) is 5.45. The molecule has 4 aromatic rings. The summed E-state index contributed by atoms with van der Waals surface area (Å²) in [5, 5.41) is 2.91. The Balaban J connectivity index is 1.61. The number of hydrogen-bond acceptors (Lipinski definition) is 4. The molecule has 0 saturated carbocycles. The molecule has 0 spiro atoms. The van der Waals surface area contributed by atoms with Gasteiger partial charge in [0, 0.05) is 16.1 Å². The van der Waals surface area contributed by atoms with E-state index in [1.54, 1.807) is 11.3 Å². The molecule has 2 heterocycles. The molecule has 5 rings (SSSR count). The first-order chi connectivity index (χ1) is 12.8. The molecule has 2 aromatic heterocycles. The molecule has 0 radical (unpaired) electrons. The molecule has 2 aromatic carbocycles. The molecule has 0 unspecified atom stereocenters. The second-order valence-electron chi connectivity index (χ2n) is 6.33. The maximum absolute atomic E-state index is 5.97. The van der Waals surface area contributed by atoms with Gasteiger partial charge in [-0.05, 0) is 54.7 Å². The Hall–Kier alpha value is -2.01. The number of aliphatic imine (C=N–C) groups is 1. The number of thiazole rings is 1. The number of benzene rings is 2. The van der Waals surface area contributed by atoms with Gasteiger partial charge in [-0.15, -0.1) is 22.7 Å². The van der Waals surface area contributed by atoms with E-state index in [9.17, 15) is 0 Å². The number of aromatic nitrogens is 1. The Labute approximate surface area is 164 Å². The second-order valence-corrected chi connectivity index (χ2v) is 8.88. The van der Waals surface area contributed by atoms with Crippen molar-refractivity contribution in [2.45, 2.75) is 19.3 Å². The summed E-state index contributed by atoms with van der Waals surface area (Å²) in [4.78, 5) is 11.2. The zero-order valence-corrected chi connectivity index (χ0v) is 16.3. The molecular formula is C21H15ClN2S2. The molecule has 0 N–H and O–H groups in total. The summed E-state index contributed by atoms with van der Waals surface area (Å²) >= 11 is 9.56. The van der Waals surface area contributed by atoms with Crippen molar-refractivity contribution < 1.29 is 0 Å². The highest BCUT2D eigenvalue weighted by Gasteiger charge is 2.25. The number of para-hydroxylation sites is 1. The summed E-state index contributed by atoms with van der Waals surface area (Å²) in [6.45, 7) is 0. The summed E-state index contributed by atoms with van der Waals surface area (Å²) in [6, 6.07) is 16.1. The SMILES string of the molecule is Clc1ccc(/C=N/c2sc3c(c2-c2nc4ccccc4s2)CCC3)cc1. The maximum atomic E-state index is 5.97. The molecular weight excluding hydrogens is 380 g/mol. The summed E-state index contributed by atoms with van der Waals surface area (Å²) in [7, 11) is 0. The number of nitrogens with zero attached hydrogens (tertiary/aromatic N) is 2. The van der Waals surface area contributed by atoms with Crippen molar-refractivity contribution in [2.75, 3.05) is 0 Å². The first-order valence-electron chi connectivity index (χ1n) is 8.58. The van der Waals surface area contributed by atoms with E-state index in [0.717, 1.165) is 39.0 Å². The van der Waals surface area contributed by atoms with Crippen molar-refractivity contribution in [3.8, 4) is 10.6 Å². The fourth-order valence-corrected chi connectivity index (χ4v) is 5.83. The van der Waals surface area contributed by atoms with Crippen LogP contribution in [0.2, 0.25) is 5.02 Å². The van der Waals surface area contributed by atoms with Gasteiger partial charge in [-0.3, -0.25) is 0 Å². The molecule has 0 aliphatic heterocycles. The van der Waals surface area contributed by atoms with Crippen molar-refractivity contribution in [1.82, 2.24) is 4.98 Å². The molecule has 0 fully saturated rings. The largest absolute Gasteiger partial charge is 0.245 e. The molecule has 2 nitrogen and oxygen atoms in total. The van der Waals surface area contributed by atoms with E-state index in [1.165, 1.54) is 27.1 Å². The van der Waals surface area contributed by atoms with Crippen molar-refractivity contribution in [1.29, 1.82) is 0 Å². The van der Waals surface area contributed by atoms with Gasteiger partial charge in [0.25, 0.3) is 0 Å². The average molecular weight is 395 g/mol. The van der Waals surface area contributed by atoms with Crippen molar-refractivity contribution in [3.63, 3.8) is 0 Å². The monoisotopic (exact) mass is 394 g/mol. The number of fused-ring (bicyclic) bond motifs is 2. The van der Waals surface area contributed by atoms with Crippen LogP contribution in [-0.2, 0) is 12.8 Å². The van der Waals surface area contributed by atoms with Crippen LogP contribution in [0.25, 0.3) is 20.8 Å². The van der Waals surface area contributed by atoms with Gasteiger partial charge < -0.3 is 0 Å². The summed E-state index contributed by atoms with van der Waals surface area (Å²) < 4.78 is 1.23. The van der Waals surface area contributed by atoms with Crippen LogP contribution < -0.4 is 0 Å². The third-order valence-electron chi connectivity index (χ3n) is 4.61. The zero-order valence-electron chi connectivity index (χ0n) is 13.9. The predicted molar refractivity (Wildman–Crippen MR) is 114 cm³/mol. The minimum atomic E-state index is 0.743. The molecule has 128 valence electrons. The highest BCUT2D eigenvalue weighted by atomic mass is 35.5. The first-order valence-corrected chi connectivity index (χ1v) is 10.6. The van der Waals surface area contributed by atoms with Crippen LogP contribution in [0.1, 0.15) is 22.4 Å². The molecule has 1 aliphatic rings. The minimum Gasteiger partial charge on any atom is -0.245 e. The number of rotatable bonds is 3. The van der Waals surface area contributed by atoms with Crippen molar-refractivity contribution >= 4 is 55.7 Å². The van der Waals surface area contributed by atoms with Crippen molar-refractivity contribution in [3.05, 3.63) is 69.6 Å². The normalized spacial score (nSPS) is 13.7. The topological polar surface area (TPSA) is 25.2 Å². The van der Waals surface area contributed by atoms with E-state index in [0.29, 0.717) is 0 Å². The second kappa shape index (κ2) is 6.62. The van der Waals surface area contributed by atoms with E-state index in [2.05, 4.69) is 18.2 Å². The molecule has 5 heteroatoms. The van der Waals surface area contributed by atoms with Gasteiger partial charge in [-0.25, -0.2) is 9.98 Å². The quantitative estimate of drug-likeness (QED) is 0.346. The van der Waals surface area contributed by atoms with E-state index < -0.39 is 0 Å². The molecule has 0 amide bonds. The number of aryl methyl sites for hydroxylation is 1. The lowest BCUT2D eigenvalue weighted by molar-refractivity contribution is 0.915. The number of hydrogen-bond donors (Lipinski definition) is 0. The zero-order chi connectivity index (χ0) is 17.5. The smallest absolute Gasteiger partial charge is 0.127 e. The third kappa shape index (κ3) is 2.88. The Kier molecular flexibility index (Phi) is 4.12. The van der Waals surface area contributed by atoms with E-state index in [-0.39, 0.29) is 0 Å². The lowest BCUT2D eigenvalue weighted by atomic mass is 10.1. The Bertz CT molecular complexity index is 1090.